The Morgan fingerprint density at radius 2 is 1.91 bits per heavy atom. The molecule has 1 aliphatic rings. The minimum atomic E-state index is -1.05. The first-order valence-corrected chi connectivity index (χ1v) is 8.07. The third-order valence-corrected chi connectivity index (χ3v) is 5.01. The van der Waals surface area contributed by atoms with Gasteiger partial charge in [0.05, 0.1) is 6.33 Å². The second-order valence-corrected chi connectivity index (χ2v) is 6.48. The lowest BCUT2D eigenvalue weighted by atomic mass is 9.74. The molecule has 1 fully saturated rings. The average Bonchev–Trinajstić information content (AvgIpc) is 3.10. The van der Waals surface area contributed by atoms with Crippen LogP contribution in [0.1, 0.15) is 31.2 Å². The van der Waals surface area contributed by atoms with Gasteiger partial charge in [0.15, 0.2) is 5.72 Å². The van der Waals surface area contributed by atoms with Crippen molar-refractivity contribution in [1.29, 1.82) is 0 Å². The van der Waals surface area contributed by atoms with Crippen molar-refractivity contribution in [2.24, 2.45) is 5.92 Å². The van der Waals surface area contributed by atoms with Crippen molar-refractivity contribution in [3.05, 3.63) is 54.6 Å². The number of aliphatic hydroxyl groups is 1. The molecule has 1 aromatic heterocycles. The lowest BCUT2D eigenvalue weighted by Crippen LogP contribution is -2.52. The van der Waals surface area contributed by atoms with Gasteiger partial charge in [-0.1, -0.05) is 43.2 Å². The molecule has 0 saturated heterocycles. The monoisotopic (exact) mass is 299 g/mol. The molecule has 4 heteroatoms. The van der Waals surface area contributed by atoms with E-state index in [1.165, 1.54) is 12.8 Å². The van der Waals surface area contributed by atoms with Crippen LogP contribution in [-0.4, -0.2) is 39.7 Å². The van der Waals surface area contributed by atoms with Gasteiger partial charge in [0.2, 0.25) is 0 Å². The minimum Gasteiger partial charge on any atom is -0.366 e. The zero-order valence-corrected chi connectivity index (χ0v) is 13.4. The Labute approximate surface area is 132 Å². The van der Waals surface area contributed by atoms with Crippen molar-refractivity contribution >= 4 is 0 Å². The van der Waals surface area contributed by atoms with Crippen LogP contribution < -0.4 is 0 Å². The van der Waals surface area contributed by atoms with Crippen LogP contribution in [-0.2, 0) is 5.72 Å². The van der Waals surface area contributed by atoms with Crippen molar-refractivity contribution in [3.63, 3.8) is 0 Å². The Hall–Kier alpha value is -1.65. The number of hydrogen-bond donors (Lipinski definition) is 1. The van der Waals surface area contributed by atoms with Crippen LogP contribution in [0.25, 0.3) is 0 Å². The highest BCUT2D eigenvalue weighted by atomic mass is 16.3. The molecule has 3 atom stereocenters. The molecule has 0 radical (unpaired) electrons. The first-order chi connectivity index (χ1) is 10.6. The van der Waals surface area contributed by atoms with Gasteiger partial charge >= 0.3 is 0 Å². The maximum atomic E-state index is 11.8. The highest BCUT2D eigenvalue weighted by Crippen LogP contribution is 2.41. The molecule has 118 valence electrons. The molecule has 3 rings (SSSR count). The lowest BCUT2D eigenvalue weighted by molar-refractivity contribution is -0.0924. The number of nitrogens with zero attached hydrogens (tertiary/aromatic N) is 3. The van der Waals surface area contributed by atoms with Crippen LogP contribution in [0.4, 0.5) is 0 Å². The zero-order chi connectivity index (χ0) is 15.6. The zero-order valence-electron chi connectivity index (χ0n) is 13.4. The van der Waals surface area contributed by atoms with Crippen molar-refractivity contribution in [2.75, 3.05) is 14.1 Å². The Morgan fingerprint density at radius 1 is 1.18 bits per heavy atom. The molecule has 1 N–H and O–H groups in total. The van der Waals surface area contributed by atoms with E-state index in [1.54, 1.807) is 12.5 Å². The smallest absolute Gasteiger partial charge is 0.173 e. The van der Waals surface area contributed by atoms with E-state index in [2.05, 4.69) is 24.0 Å². The van der Waals surface area contributed by atoms with Crippen LogP contribution in [0.15, 0.2) is 49.1 Å². The summed E-state index contributed by atoms with van der Waals surface area (Å²) in [4.78, 5) is 6.43. The predicted octanol–water partition coefficient (Wildman–Crippen LogP) is 2.70. The van der Waals surface area contributed by atoms with E-state index in [-0.39, 0.29) is 5.92 Å². The van der Waals surface area contributed by atoms with Crippen LogP contribution >= 0.6 is 0 Å². The summed E-state index contributed by atoms with van der Waals surface area (Å²) in [6.45, 7) is 0. The number of imidazole rings is 1. The van der Waals surface area contributed by atoms with Gasteiger partial charge in [-0.25, -0.2) is 4.98 Å². The molecule has 0 bridgehead atoms. The quantitative estimate of drug-likeness (QED) is 0.944. The normalized spacial score (nSPS) is 25.1. The third kappa shape index (κ3) is 2.57. The van der Waals surface area contributed by atoms with Gasteiger partial charge in [-0.05, 0) is 26.9 Å². The highest BCUT2D eigenvalue weighted by molar-refractivity contribution is 5.25. The van der Waals surface area contributed by atoms with E-state index in [9.17, 15) is 5.11 Å². The summed E-state index contributed by atoms with van der Waals surface area (Å²) < 4.78 is 1.87. The molecule has 1 aromatic carbocycles. The third-order valence-electron chi connectivity index (χ3n) is 5.01. The maximum absolute atomic E-state index is 11.8. The van der Waals surface area contributed by atoms with Gasteiger partial charge in [-0.2, -0.15) is 0 Å². The number of hydrogen-bond acceptors (Lipinski definition) is 3. The molecule has 0 spiro atoms. The summed E-state index contributed by atoms with van der Waals surface area (Å²) in [5.74, 6) is 0.146. The van der Waals surface area contributed by atoms with E-state index >= 15 is 0 Å². The van der Waals surface area contributed by atoms with E-state index in [4.69, 9.17) is 0 Å². The second-order valence-electron chi connectivity index (χ2n) is 6.48. The molecule has 1 heterocycles. The summed E-state index contributed by atoms with van der Waals surface area (Å²) in [5, 5.41) is 11.8. The first kappa shape index (κ1) is 15.3. The van der Waals surface area contributed by atoms with Gasteiger partial charge in [-0.15, -0.1) is 0 Å². The van der Waals surface area contributed by atoms with Crippen LogP contribution in [0.3, 0.4) is 0 Å². The number of benzene rings is 1. The predicted molar refractivity (Wildman–Crippen MR) is 87.4 cm³/mol. The van der Waals surface area contributed by atoms with E-state index in [0.29, 0.717) is 6.04 Å². The number of aromatic nitrogens is 2. The van der Waals surface area contributed by atoms with Gasteiger partial charge in [0, 0.05) is 29.9 Å². The molecule has 1 aliphatic carbocycles. The number of rotatable bonds is 4. The summed E-state index contributed by atoms with van der Waals surface area (Å²) in [6, 6.07) is 10.4. The molecular formula is C18H25N3O. The Balaban J connectivity index is 2.09. The van der Waals surface area contributed by atoms with Crippen LogP contribution in [0, 0.1) is 5.92 Å². The standard InChI is InChI=1S/C18H25N3O/c1-20(2)17-11-7-6-10-16(17)18(22,21-13-12-19-14-21)15-8-4-3-5-9-15/h3-5,8-9,12-14,16-17,22H,6-7,10-11H2,1-2H3. The Kier molecular flexibility index (Phi) is 4.32. The topological polar surface area (TPSA) is 41.3 Å². The fraction of sp³-hybridized carbons (Fsp3) is 0.500. The first-order valence-electron chi connectivity index (χ1n) is 8.07. The van der Waals surface area contributed by atoms with Crippen LogP contribution in [0.2, 0.25) is 0 Å². The fourth-order valence-electron chi connectivity index (χ4n) is 3.90. The van der Waals surface area contributed by atoms with Gasteiger partial charge in [0.1, 0.15) is 0 Å². The Bertz CT molecular complexity index is 582. The Morgan fingerprint density at radius 3 is 2.55 bits per heavy atom. The van der Waals surface area contributed by atoms with Crippen molar-refractivity contribution in [2.45, 2.75) is 37.5 Å². The molecule has 1 saturated carbocycles. The van der Waals surface area contributed by atoms with Gasteiger partial charge in [0.25, 0.3) is 0 Å². The fourth-order valence-corrected chi connectivity index (χ4v) is 3.90. The minimum absolute atomic E-state index is 0.146. The summed E-state index contributed by atoms with van der Waals surface area (Å²) >= 11 is 0. The molecule has 4 nitrogen and oxygen atoms in total. The highest BCUT2D eigenvalue weighted by Gasteiger charge is 2.45. The van der Waals surface area contributed by atoms with Crippen molar-refractivity contribution < 1.29 is 5.11 Å². The van der Waals surface area contributed by atoms with Gasteiger partial charge in [-0.3, -0.25) is 0 Å². The lowest BCUT2D eigenvalue weighted by Gasteiger charge is -2.46. The van der Waals surface area contributed by atoms with E-state index in [0.717, 1.165) is 18.4 Å². The van der Waals surface area contributed by atoms with Crippen LogP contribution in [0.5, 0.6) is 0 Å². The summed E-state index contributed by atoms with van der Waals surface area (Å²) in [5.41, 5.74) is -0.112. The molecule has 0 amide bonds. The molecule has 0 aliphatic heterocycles. The summed E-state index contributed by atoms with van der Waals surface area (Å²) in [7, 11) is 4.23. The van der Waals surface area contributed by atoms with Crippen molar-refractivity contribution in [3.8, 4) is 0 Å². The molecule has 2 aromatic rings. The molecule has 3 unspecified atom stereocenters. The largest absolute Gasteiger partial charge is 0.366 e. The second kappa shape index (κ2) is 6.23. The SMILES string of the molecule is CN(C)C1CCCCC1C(O)(c1ccccc1)n1ccnc1. The van der Waals surface area contributed by atoms with E-state index in [1.807, 2.05) is 41.1 Å². The molecule has 22 heavy (non-hydrogen) atoms. The van der Waals surface area contributed by atoms with Crippen molar-refractivity contribution in [1.82, 2.24) is 14.5 Å². The van der Waals surface area contributed by atoms with E-state index < -0.39 is 5.72 Å². The molecular weight excluding hydrogens is 274 g/mol. The average molecular weight is 299 g/mol. The van der Waals surface area contributed by atoms with Gasteiger partial charge < -0.3 is 14.6 Å². The summed E-state index contributed by atoms with van der Waals surface area (Å²) in [6.07, 6.45) is 9.88. The maximum Gasteiger partial charge on any atom is 0.173 e.